The van der Waals surface area contributed by atoms with Crippen LogP contribution in [0.4, 0.5) is 0 Å². The van der Waals surface area contributed by atoms with Gasteiger partial charge in [0.25, 0.3) is 5.91 Å². The number of rotatable bonds is 3. The Balaban J connectivity index is 2.21. The summed E-state index contributed by atoms with van der Waals surface area (Å²) in [7, 11) is 0. The highest BCUT2D eigenvalue weighted by molar-refractivity contribution is 6.05. The first kappa shape index (κ1) is 14.5. The lowest BCUT2D eigenvalue weighted by Gasteiger charge is -2.09. The molecule has 23 heavy (non-hydrogen) atoms. The highest BCUT2D eigenvalue weighted by Crippen LogP contribution is 2.27. The van der Waals surface area contributed by atoms with Gasteiger partial charge in [-0.05, 0) is 12.1 Å². The molecule has 3 rings (SSSR count). The van der Waals surface area contributed by atoms with E-state index < -0.39 is 5.91 Å². The Morgan fingerprint density at radius 1 is 0.957 bits per heavy atom. The molecule has 6 heteroatoms. The van der Waals surface area contributed by atoms with Crippen molar-refractivity contribution in [2.45, 2.75) is 0 Å². The van der Waals surface area contributed by atoms with Gasteiger partial charge in [-0.15, -0.1) is 0 Å². The molecule has 6 nitrogen and oxygen atoms in total. The van der Waals surface area contributed by atoms with E-state index in [0.29, 0.717) is 11.3 Å². The van der Waals surface area contributed by atoms with Crippen LogP contribution in [0.2, 0.25) is 0 Å². The minimum absolute atomic E-state index is 0.276. The summed E-state index contributed by atoms with van der Waals surface area (Å²) in [6.07, 6.45) is 1.48. The van der Waals surface area contributed by atoms with Crippen LogP contribution in [-0.4, -0.2) is 21.6 Å². The number of aromatic nitrogens is 2. The number of carbonyl (C=O) groups is 1. The van der Waals surface area contributed by atoms with Gasteiger partial charge in [-0.3, -0.25) is 4.79 Å². The minimum atomic E-state index is -0.522. The fourth-order valence-corrected chi connectivity index (χ4v) is 2.32. The van der Waals surface area contributed by atoms with Crippen molar-refractivity contribution in [3.8, 4) is 16.9 Å². The van der Waals surface area contributed by atoms with Gasteiger partial charge in [0.1, 0.15) is 0 Å². The highest BCUT2D eigenvalue weighted by Gasteiger charge is 2.19. The molecule has 0 aliphatic carbocycles. The molecule has 1 heterocycles. The monoisotopic (exact) mass is 305 g/mol. The second-order valence-electron chi connectivity index (χ2n) is 4.86. The predicted octanol–water partition coefficient (Wildman–Crippen LogP) is 1.95. The van der Waals surface area contributed by atoms with Crippen molar-refractivity contribution in [3.05, 3.63) is 72.4 Å². The molecular weight excluding hydrogens is 290 g/mol. The largest absolute Gasteiger partial charge is 0.370 e. The topological polar surface area (TPSA) is 99.3 Å². The summed E-state index contributed by atoms with van der Waals surface area (Å²) < 4.78 is 1.70. The van der Waals surface area contributed by atoms with E-state index in [1.807, 2.05) is 60.7 Å². The zero-order chi connectivity index (χ0) is 16.2. The lowest BCUT2D eigenvalue weighted by atomic mass is 10.1. The fraction of sp³-hybridized carbons (Fsp3) is 0. The first-order valence-electron chi connectivity index (χ1n) is 6.99. The van der Waals surface area contributed by atoms with Crippen molar-refractivity contribution in [3.63, 3.8) is 0 Å². The van der Waals surface area contributed by atoms with Gasteiger partial charge in [0.2, 0.25) is 0 Å². The average molecular weight is 305 g/mol. The van der Waals surface area contributed by atoms with Crippen molar-refractivity contribution < 1.29 is 4.79 Å². The summed E-state index contributed by atoms with van der Waals surface area (Å²) >= 11 is 0. The summed E-state index contributed by atoms with van der Waals surface area (Å²) in [6, 6.07) is 19.1. The molecule has 0 bridgehead atoms. The molecule has 0 aliphatic heterocycles. The standard InChI is InChI=1S/C17H15N5O/c18-17(19)21-16(23)14-11-20-22(13-9-5-2-6-10-13)15(14)12-7-3-1-4-8-12/h1-11H,(H4,18,19,21,23). The number of amides is 1. The lowest BCUT2D eigenvalue weighted by Crippen LogP contribution is -2.24. The molecular formula is C17H15N5O. The van der Waals surface area contributed by atoms with Gasteiger partial charge in [-0.25, -0.2) is 4.68 Å². The number of nitrogens with zero attached hydrogens (tertiary/aromatic N) is 3. The first-order chi connectivity index (χ1) is 11.2. The minimum Gasteiger partial charge on any atom is -0.370 e. The summed E-state index contributed by atoms with van der Waals surface area (Å²) in [4.78, 5) is 15.9. The molecule has 1 amide bonds. The van der Waals surface area contributed by atoms with E-state index in [4.69, 9.17) is 11.5 Å². The van der Waals surface area contributed by atoms with Crippen LogP contribution >= 0.6 is 0 Å². The molecule has 0 saturated carbocycles. The molecule has 0 fully saturated rings. The van der Waals surface area contributed by atoms with E-state index in [-0.39, 0.29) is 5.96 Å². The van der Waals surface area contributed by atoms with E-state index in [0.717, 1.165) is 11.3 Å². The third kappa shape index (κ3) is 2.96. The number of hydrogen-bond donors (Lipinski definition) is 2. The summed E-state index contributed by atoms with van der Waals surface area (Å²) in [5, 5.41) is 4.34. The Labute approximate surface area is 133 Å². The zero-order valence-electron chi connectivity index (χ0n) is 12.3. The average Bonchev–Trinajstić information content (AvgIpc) is 3.01. The van der Waals surface area contributed by atoms with E-state index in [2.05, 4.69) is 10.1 Å². The Hall–Kier alpha value is -3.41. The van der Waals surface area contributed by atoms with Gasteiger partial charge in [0, 0.05) is 5.56 Å². The van der Waals surface area contributed by atoms with Crippen LogP contribution in [0.25, 0.3) is 16.9 Å². The van der Waals surface area contributed by atoms with Crippen LogP contribution < -0.4 is 11.5 Å². The molecule has 0 aliphatic rings. The van der Waals surface area contributed by atoms with Crippen molar-refractivity contribution in [1.82, 2.24) is 9.78 Å². The normalized spacial score (nSPS) is 10.3. The summed E-state index contributed by atoms with van der Waals surface area (Å²) in [6.45, 7) is 0. The maximum absolute atomic E-state index is 12.3. The second kappa shape index (κ2) is 6.15. The molecule has 0 unspecified atom stereocenters. The SMILES string of the molecule is NC(N)=NC(=O)c1cnn(-c2ccccc2)c1-c1ccccc1. The number of hydrogen-bond acceptors (Lipinski definition) is 2. The Morgan fingerprint density at radius 3 is 2.17 bits per heavy atom. The Kier molecular flexibility index (Phi) is 3.88. The first-order valence-corrected chi connectivity index (χ1v) is 6.99. The number of guanidine groups is 1. The highest BCUT2D eigenvalue weighted by atomic mass is 16.1. The van der Waals surface area contributed by atoms with E-state index in [1.165, 1.54) is 6.20 Å². The van der Waals surface area contributed by atoms with Crippen LogP contribution in [0, 0.1) is 0 Å². The third-order valence-electron chi connectivity index (χ3n) is 3.28. The molecule has 0 atom stereocenters. The van der Waals surface area contributed by atoms with Gasteiger partial charge < -0.3 is 11.5 Å². The van der Waals surface area contributed by atoms with Crippen molar-refractivity contribution in [1.29, 1.82) is 0 Å². The van der Waals surface area contributed by atoms with E-state index in [9.17, 15) is 4.79 Å². The quantitative estimate of drug-likeness (QED) is 0.570. The third-order valence-corrected chi connectivity index (χ3v) is 3.28. The molecule has 0 spiro atoms. The predicted molar refractivity (Wildman–Crippen MR) is 89.1 cm³/mol. The molecule has 0 saturated heterocycles. The van der Waals surface area contributed by atoms with Gasteiger partial charge in [0.15, 0.2) is 5.96 Å². The molecule has 114 valence electrons. The number of para-hydroxylation sites is 1. The Bertz CT molecular complexity index is 849. The second-order valence-corrected chi connectivity index (χ2v) is 4.86. The van der Waals surface area contributed by atoms with Crippen molar-refractivity contribution in [2.24, 2.45) is 16.5 Å². The number of benzene rings is 2. The van der Waals surface area contributed by atoms with Gasteiger partial charge >= 0.3 is 0 Å². The van der Waals surface area contributed by atoms with Crippen LogP contribution in [-0.2, 0) is 0 Å². The van der Waals surface area contributed by atoms with Crippen molar-refractivity contribution >= 4 is 11.9 Å². The Morgan fingerprint density at radius 2 is 1.57 bits per heavy atom. The maximum Gasteiger partial charge on any atom is 0.284 e. The van der Waals surface area contributed by atoms with E-state index in [1.54, 1.807) is 4.68 Å². The van der Waals surface area contributed by atoms with Gasteiger partial charge in [0.05, 0.1) is 23.1 Å². The van der Waals surface area contributed by atoms with Crippen LogP contribution in [0.3, 0.4) is 0 Å². The fourth-order valence-electron chi connectivity index (χ4n) is 2.32. The van der Waals surface area contributed by atoms with E-state index >= 15 is 0 Å². The smallest absolute Gasteiger partial charge is 0.284 e. The van der Waals surface area contributed by atoms with Crippen LogP contribution in [0.1, 0.15) is 10.4 Å². The van der Waals surface area contributed by atoms with Gasteiger partial charge in [-0.2, -0.15) is 10.1 Å². The van der Waals surface area contributed by atoms with Crippen LogP contribution in [0.5, 0.6) is 0 Å². The lowest BCUT2D eigenvalue weighted by molar-refractivity contribution is 0.100. The van der Waals surface area contributed by atoms with Crippen LogP contribution in [0.15, 0.2) is 71.9 Å². The number of nitrogens with two attached hydrogens (primary N) is 2. The van der Waals surface area contributed by atoms with Gasteiger partial charge in [-0.1, -0.05) is 48.5 Å². The summed E-state index contributed by atoms with van der Waals surface area (Å²) in [5.41, 5.74) is 13.3. The molecule has 4 N–H and O–H groups in total. The maximum atomic E-state index is 12.3. The molecule has 3 aromatic rings. The number of carbonyl (C=O) groups excluding carboxylic acids is 1. The number of aliphatic imine (C=N–C) groups is 1. The molecule has 0 radical (unpaired) electrons. The molecule has 1 aromatic heterocycles. The molecule has 2 aromatic carbocycles. The van der Waals surface area contributed by atoms with Crippen molar-refractivity contribution in [2.75, 3.05) is 0 Å². The summed E-state index contributed by atoms with van der Waals surface area (Å²) in [5.74, 6) is -0.799. The zero-order valence-corrected chi connectivity index (χ0v) is 12.3.